The number of hydrogen-bond donors (Lipinski definition) is 3. The van der Waals surface area contributed by atoms with Crippen LogP contribution in [0.2, 0.25) is 0 Å². The first kappa shape index (κ1) is 23.1. The third-order valence-electron chi connectivity index (χ3n) is 2.81. The number of hydrogen-bond acceptors (Lipinski definition) is 5. The topological polar surface area (TPSA) is 109 Å². The summed E-state index contributed by atoms with van der Waals surface area (Å²) in [7, 11) is 0. The predicted molar refractivity (Wildman–Crippen MR) is 97.9 cm³/mol. The molecular weight excluding hydrogens is 376 g/mol. The summed E-state index contributed by atoms with van der Waals surface area (Å²) in [5, 5.41) is 14.0. The van der Waals surface area contributed by atoms with Gasteiger partial charge >= 0.3 is 12.2 Å². The molecule has 0 aromatic heterocycles. The summed E-state index contributed by atoms with van der Waals surface area (Å²) in [5.41, 5.74) is -2.19. The van der Waals surface area contributed by atoms with Crippen molar-refractivity contribution in [3.8, 4) is 5.75 Å². The second kappa shape index (κ2) is 8.85. The molecular formula is C18H25F2N3O5. The Morgan fingerprint density at radius 2 is 1.64 bits per heavy atom. The Bertz CT molecular complexity index is 768. The molecule has 0 heterocycles. The van der Waals surface area contributed by atoms with Crippen molar-refractivity contribution in [3.05, 3.63) is 29.3 Å². The van der Waals surface area contributed by atoms with Crippen LogP contribution < -0.4 is 10.6 Å². The molecule has 0 aliphatic rings. The first-order valence-corrected chi connectivity index (χ1v) is 8.39. The van der Waals surface area contributed by atoms with Gasteiger partial charge in [-0.25, -0.2) is 18.4 Å². The summed E-state index contributed by atoms with van der Waals surface area (Å²) in [5.74, 6) is -3.30. The Balaban J connectivity index is 3.02. The van der Waals surface area contributed by atoms with Gasteiger partial charge in [0.2, 0.25) is 5.96 Å². The van der Waals surface area contributed by atoms with E-state index in [0.29, 0.717) is 0 Å². The molecule has 0 radical (unpaired) electrons. The van der Waals surface area contributed by atoms with E-state index in [-0.39, 0.29) is 0 Å². The molecule has 0 saturated heterocycles. The van der Waals surface area contributed by atoms with Crippen molar-refractivity contribution in [2.75, 3.05) is 0 Å². The van der Waals surface area contributed by atoms with Gasteiger partial charge in [-0.2, -0.15) is 0 Å². The van der Waals surface area contributed by atoms with E-state index in [0.717, 1.165) is 12.1 Å². The average molecular weight is 401 g/mol. The third-order valence-corrected chi connectivity index (χ3v) is 2.81. The molecule has 0 saturated carbocycles. The Morgan fingerprint density at radius 1 is 1.07 bits per heavy atom. The monoisotopic (exact) mass is 401 g/mol. The number of alkyl carbamates (subject to hydrolysis) is 1. The Labute approximate surface area is 161 Å². The van der Waals surface area contributed by atoms with Gasteiger partial charge < -0.3 is 19.9 Å². The lowest BCUT2D eigenvalue weighted by Gasteiger charge is -2.21. The minimum Gasteiger partial charge on any atom is -0.505 e. The van der Waals surface area contributed by atoms with Crippen LogP contribution in [0, 0.1) is 11.6 Å². The largest absolute Gasteiger partial charge is 0.505 e. The molecule has 0 unspecified atom stereocenters. The van der Waals surface area contributed by atoms with Crippen LogP contribution in [0.5, 0.6) is 5.75 Å². The molecule has 1 aromatic carbocycles. The lowest BCUT2D eigenvalue weighted by atomic mass is 10.2. The molecule has 10 heteroatoms. The van der Waals surface area contributed by atoms with E-state index in [1.54, 1.807) is 41.5 Å². The predicted octanol–water partition coefficient (Wildman–Crippen LogP) is 3.58. The fourth-order valence-corrected chi connectivity index (χ4v) is 1.81. The number of ether oxygens (including phenoxy) is 2. The van der Waals surface area contributed by atoms with Crippen LogP contribution in [0.3, 0.4) is 0 Å². The zero-order chi connectivity index (χ0) is 21.7. The Morgan fingerprint density at radius 3 is 2.18 bits per heavy atom. The van der Waals surface area contributed by atoms with Gasteiger partial charge in [-0.3, -0.25) is 5.32 Å². The van der Waals surface area contributed by atoms with Gasteiger partial charge in [-0.15, -0.1) is 4.99 Å². The van der Waals surface area contributed by atoms with Crippen molar-refractivity contribution in [3.63, 3.8) is 0 Å². The first-order valence-electron chi connectivity index (χ1n) is 8.39. The molecule has 0 fully saturated rings. The molecule has 0 spiro atoms. The molecule has 0 aliphatic carbocycles. The number of aliphatic imine (C=N–C) groups is 1. The van der Waals surface area contributed by atoms with Crippen molar-refractivity contribution in [2.24, 2.45) is 4.99 Å². The zero-order valence-electron chi connectivity index (χ0n) is 16.6. The molecule has 0 aliphatic heterocycles. The summed E-state index contributed by atoms with van der Waals surface area (Å²) in [6.45, 7) is 9.21. The number of nitrogens with one attached hydrogen (secondary N) is 2. The standard InChI is InChI=1S/C18H25F2N3O5/c1-17(2,3)27-15(25)22-14(23-16(26)28-18(4,5)6)21-9-10-11(19)7-8-12(24)13(10)20/h7-8,24H,9H2,1-6H3,(H2,21,22,23,25,26). The number of nitrogens with zero attached hydrogens (tertiary/aromatic N) is 1. The smallest absolute Gasteiger partial charge is 0.437 e. The number of benzene rings is 1. The number of halogens is 2. The second-order valence-electron chi connectivity index (χ2n) is 7.78. The molecule has 0 atom stereocenters. The Hall–Kier alpha value is -2.91. The van der Waals surface area contributed by atoms with Crippen LogP contribution in [0.25, 0.3) is 0 Å². The van der Waals surface area contributed by atoms with Gasteiger partial charge in [-0.05, 0) is 53.7 Å². The highest BCUT2D eigenvalue weighted by atomic mass is 19.1. The molecule has 156 valence electrons. The minimum absolute atomic E-state index is 0.439. The van der Waals surface area contributed by atoms with Gasteiger partial charge in [0, 0.05) is 12.1 Å². The maximum atomic E-state index is 13.9. The summed E-state index contributed by atoms with van der Waals surface area (Å²) in [6, 6.07) is 1.74. The zero-order valence-corrected chi connectivity index (χ0v) is 16.6. The van der Waals surface area contributed by atoms with E-state index in [9.17, 15) is 23.5 Å². The van der Waals surface area contributed by atoms with Crippen LogP contribution >= 0.6 is 0 Å². The van der Waals surface area contributed by atoms with E-state index in [2.05, 4.69) is 15.6 Å². The SMILES string of the molecule is CC(C)(C)OC(=O)/N=C(/NCc1c(F)ccc(O)c1F)NC(=O)OC(C)(C)C. The highest BCUT2D eigenvalue weighted by Crippen LogP contribution is 2.21. The average Bonchev–Trinajstić information content (AvgIpc) is 2.47. The van der Waals surface area contributed by atoms with E-state index in [1.165, 1.54) is 0 Å². The fraction of sp³-hybridized carbons (Fsp3) is 0.500. The van der Waals surface area contributed by atoms with Gasteiger partial charge in [0.15, 0.2) is 11.6 Å². The molecule has 28 heavy (non-hydrogen) atoms. The lowest BCUT2D eigenvalue weighted by Crippen LogP contribution is -2.44. The highest BCUT2D eigenvalue weighted by molar-refractivity contribution is 5.98. The normalized spacial score (nSPS) is 12.4. The van der Waals surface area contributed by atoms with Crippen molar-refractivity contribution in [2.45, 2.75) is 59.3 Å². The van der Waals surface area contributed by atoms with Crippen LogP contribution in [0.1, 0.15) is 47.1 Å². The number of phenolic OH excluding ortho intramolecular Hbond substituents is 1. The first-order chi connectivity index (χ1) is 12.7. The number of amides is 2. The number of guanidine groups is 1. The maximum absolute atomic E-state index is 13.9. The Kier molecular flexibility index (Phi) is 7.31. The van der Waals surface area contributed by atoms with Crippen LogP contribution in [0.15, 0.2) is 17.1 Å². The van der Waals surface area contributed by atoms with Crippen LogP contribution in [-0.2, 0) is 16.0 Å². The van der Waals surface area contributed by atoms with Gasteiger partial charge in [0.1, 0.15) is 17.0 Å². The van der Waals surface area contributed by atoms with Gasteiger partial charge in [0.25, 0.3) is 0 Å². The molecule has 1 aromatic rings. The number of phenols is 1. The van der Waals surface area contributed by atoms with Crippen LogP contribution in [0.4, 0.5) is 18.4 Å². The summed E-state index contributed by atoms with van der Waals surface area (Å²) >= 11 is 0. The van der Waals surface area contributed by atoms with E-state index in [1.807, 2.05) is 0 Å². The van der Waals surface area contributed by atoms with E-state index < -0.39 is 58.8 Å². The van der Waals surface area contributed by atoms with Gasteiger partial charge in [0.05, 0.1) is 0 Å². The molecule has 2 amide bonds. The molecule has 1 rings (SSSR count). The third kappa shape index (κ3) is 8.19. The molecule has 3 N–H and O–H groups in total. The maximum Gasteiger partial charge on any atom is 0.437 e. The number of aromatic hydroxyl groups is 1. The molecule has 8 nitrogen and oxygen atoms in total. The number of rotatable bonds is 2. The van der Waals surface area contributed by atoms with Crippen molar-refractivity contribution in [1.29, 1.82) is 0 Å². The molecule has 0 bridgehead atoms. The number of carbonyl (C=O) groups excluding carboxylic acids is 2. The second-order valence-corrected chi connectivity index (χ2v) is 7.78. The fourth-order valence-electron chi connectivity index (χ4n) is 1.81. The van der Waals surface area contributed by atoms with Crippen molar-refractivity contribution < 1.29 is 33.0 Å². The van der Waals surface area contributed by atoms with Gasteiger partial charge in [-0.1, -0.05) is 0 Å². The summed E-state index contributed by atoms with van der Waals surface area (Å²) in [6.07, 6.45) is -1.98. The van der Waals surface area contributed by atoms with E-state index in [4.69, 9.17) is 9.47 Å². The van der Waals surface area contributed by atoms with Crippen LogP contribution in [-0.4, -0.2) is 34.5 Å². The lowest BCUT2D eigenvalue weighted by molar-refractivity contribution is 0.0560. The van der Waals surface area contributed by atoms with E-state index >= 15 is 0 Å². The quantitative estimate of drug-likeness (QED) is 0.516. The summed E-state index contributed by atoms with van der Waals surface area (Å²) < 4.78 is 37.8. The van der Waals surface area contributed by atoms with Crippen molar-refractivity contribution >= 4 is 18.1 Å². The summed E-state index contributed by atoms with van der Waals surface area (Å²) in [4.78, 5) is 27.4. The number of carbonyl (C=O) groups is 2. The highest BCUT2D eigenvalue weighted by Gasteiger charge is 2.21. The minimum atomic E-state index is -1.18. The van der Waals surface area contributed by atoms with Crippen molar-refractivity contribution in [1.82, 2.24) is 10.6 Å².